The van der Waals surface area contributed by atoms with E-state index in [0.29, 0.717) is 0 Å². The first-order valence-electron chi connectivity index (χ1n) is 5.75. The van der Waals surface area contributed by atoms with Crippen LogP contribution in [0.25, 0.3) is 0 Å². The quantitative estimate of drug-likeness (QED) is 0.392. The molecule has 0 aromatic carbocycles. The zero-order valence-electron chi connectivity index (χ0n) is 10.8. The molecular formula is C9H22NO7P. The van der Waals surface area contributed by atoms with Crippen molar-refractivity contribution in [2.75, 3.05) is 45.9 Å². The zero-order chi connectivity index (χ0) is 13.9. The molecule has 0 spiro atoms. The second-order valence-electron chi connectivity index (χ2n) is 3.03. The Morgan fingerprint density at radius 2 is 1.44 bits per heavy atom. The Balaban J connectivity index is 4.41. The van der Waals surface area contributed by atoms with Crippen molar-refractivity contribution in [1.29, 1.82) is 0 Å². The van der Waals surface area contributed by atoms with E-state index in [1.807, 2.05) is 0 Å². The molecule has 0 bridgehead atoms. The number of rotatable bonds is 12. The average Bonchev–Trinajstić information content (AvgIpc) is 2.33. The molecule has 0 unspecified atom stereocenters. The van der Waals surface area contributed by atoms with Crippen LogP contribution in [0.5, 0.6) is 0 Å². The van der Waals surface area contributed by atoms with E-state index in [2.05, 4.69) is 0 Å². The van der Waals surface area contributed by atoms with Crippen LogP contribution in [-0.2, 0) is 23.3 Å². The van der Waals surface area contributed by atoms with Gasteiger partial charge in [-0.3, -0.25) is 14.2 Å². The Hall–Kier alpha value is -0.0500. The summed E-state index contributed by atoms with van der Waals surface area (Å²) in [5.41, 5.74) is 0. The van der Waals surface area contributed by atoms with Crippen LogP contribution in [0.4, 0.5) is 0 Å². The number of nitrogens with zero attached hydrogens (tertiary/aromatic N) is 1. The predicted molar refractivity (Wildman–Crippen MR) is 63.6 cm³/mol. The number of hydrogen-bond donors (Lipinski definition) is 2. The van der Waals surface area contributed by atoms with Crippen molar-refractivity contribution < 1.29 is 33.5 Å². The second-order valence-corrected chi connectivity index (χ2v) is 5.06. The summed E-state index contributed by atoms with van der Waals surface area (Å²) in [6, 6.07) is 0. The van der Waals surface area contributed by atoms with E-state index in [1.165, 1.54) is 0 Å². The molecule has 0 amide bonds. The molecule has 0 rings (SSSR count). The standard InChI is InChI=1S/C9H22NO7P/c1-3-16-18(13,17-4-2)9-10(14-7-5-11)15-8-6-12/h11-12H,3-9H2,1-2H3. The Bertz CT molecular complexity index is 223. The van der Waals surface area contributed by atoms with Gasteiger partial charge in [-0.05, 0) is 13.8 Å². The van der Waals surface area contributed by atoms with E-state index < -0.39 is 7.60 Å². The van der Waals surface area contributed by atoms with Crippen molar-refractivity contribution >= 4 is 7.60 Å². The SMILES string of the molecule is CCOP(=O)(CN(OCCO)OCCO)OCC. The Kier molecular flexibility index (Phi) is 10.8. The smallest absolute Gasteiger partial charge is 0.349 e. The van der Waals surface area contributed by atoms with Crippen LogP contribution in [-0.4, -0.2) is 61.4 Å². The highest BCUT2D eigenvalue weighted by Crippen LogP contribution is 2.48. The molecule has 0 saturated carbocycles. The van der Waals surface area contributed by atoms with Crippen LogP contribution >= 0.6 is 7.60 Å². The van der Waals surface area contributed by atoms with Gasteiger partial charge in [0.05, 0.1) is 39.6 Å². The summed E-state index contributed by atoms with van der Waals surface area (Å²) in [5.74, 6) is 0. The molecule has 9 heteroatoms. The molecule has 0 fully saturated rings. The van der Waals surface area contributed by atoms with E-state index in [0.717, 1.165) is 5.23 Å². The van der Waals surface area contributed by atoms with Gasteiger partial charge in [0, 0.05) is 0 Å². The molecule has 0 aromatic rings. The summed E-state index contributed by atoms with van der Waals surface area (Å²) >= 11 is 0. The van der Waals surface area contributed by atoms with E-state index in [4.69, 9.17) is 28.9 Å². The van der Waals surface area contributed by atoms with E-state index >= 15 is 0 Å². The molecule has 2 N–H and O–H groups in total. The maximum atomic E-state index is 12.2. The first-order chi connectivity index (χ1) is 8.61. The fraction of sp³-hybridized carbons (Fsp3) is 1.00. The third-order valence-corrected chi connectivity index (χ3v) is 3.47. The van der Waals surface area contributed by atoms with Gasteiger partial charge in [-0.2, -0.15) is 0 Å². The van der Waals surface area contributed by atoms with Crippen molar-refractivity contribution in [2.45, 2.75) is 13.8 Å². The van der Waals surface area contributed by atoms with Crippen molar-refractivity contribution in [3.63, 3.8) is 0 Å². The predicted octanol–water partition coefficient (Wildman–Crippen LogP) is 0.360. The highest BCUT2D eigenvalue weighted by molar-refractivity contribution is 7.53. The Morgan fingerprint density at radius 3 is 1.78 bits per heavy atom. The molecule has 0 aliphatic carbocycles. The lowest BCUT2D eigenvalue weighted by atomic mass is 10.8. The summed E-state index contributed by atoms with van der Waals surface area (Å²) in [5, 5.41) is 18.2. The normalized spacial score (nSPS) is 12.3. The number of hydrogen-bond acceptors (Lipinski definition) is 8. The van der Waals surface area contributed by atoms with Crippen molar-refractivity contribution in [3.8, 4) is 0 Å². The van der Waals surface area contributed by atoms with Crippen LogP contribution in [0.1, 0.15) is 13.8 Å². The molecule has 0 aliphatic rings. The molecule has 0 heterocycles. The molecule has 0 radical (unpaired) electrons. The lowest BCUT2D eigenvalue weighted by Gasteiger charge is -2.24. The van der Waals surface area contributed by atoms with Gasteiger partial charge in [0.15, 0.2) is 6.29 Å². The summed E-state index contributed by atoms with van der Waals surface area (Å²) in [6.07, 6.45) is -0.241. The van der Waals surface area contributed by atoms with Crippen LogP contribution in [0.3, 0.4) is 0 Å². The van der Waals surface area contributed by atoms with Gasteiger partial charge < -0.3 is 19.3 Å². The lowest BCUT2D eigenvalue weighted by Crippen LogP contribution is -2.29. The van der Waals surface area contributed by atoms with Gasteiger partial charge in [-0.25, -0.2) is 0 Å². The maximum Gasteiger partial charge on any atom is 0.349 e. The van der Waals surface area contributed by atoms with Gasteiger partial charge in [-0.1, -0.05) is 5.23 Å². The molecule has 18 heavy (non-hydrogen) atoms. The third kappa shape index (κ3) is 8.12. The molecule has 0 aliphatic heterocycles. The summed E-state index contributed by atoms with van der Waals surface area (Å²) in [7, 11) is -3.34. The summed E-state index contributed by atoms with van der Waals surface area (Å²) in [6.45, 7) is 3.36. The van der Waals surface area contributed by atoms with Gasteiger partial charge in [0.25, 0.3) is 0 Å². The molecule has 8 nitrogen and oxygen atoms in total. The van der Waals surface area contributed by atoms with E-state index in [9.17, 15) is 4.57 Å². The van der Waals surface area contributed by atoms with E-state index in [1.54, 1.807) is 13.8 Å². The minimum Gasteiger partial charge on any atom is -0.394 e. The summed E-state index contributed by atoms with van der Waals surface area (Å²) in [4.78, 5) is 10.00. The molecule has 0 saturated heterocycles. The molecule has 110 valence electrons. The minimum atomic E-state index is -3.34. The minimum absolute atomic E-state index is 0.0241. The number of hydroxylamine groups is 2. The summed E-state index contributed by atoms with van der Waals surface area (Å²) < 4.78 is 22.3. The fourth-order valence-corrected chi connectivity index (χ4v) is 2.53. The van der Waals surface area contributed by atoms with Crippen LogP contribution in [0.15, 0.2) is 0 Å². The second kappa shape index (κ2) is 10.8. The first-order valence-corrected chi connectivity index (χ1v) is 7.47. The number of aliphatic hydroxyl groups is 2. The molecule has 0 atom stereocenters. The van der Waals surface area contributed by atoms with Crippen molar-refractivity contribution in [3.05, 3.63) is 0 Å². The van der Waals surface area contributed by atoms with Crippen molar-refractivity contribution in [2.24, 2.45) is 0 Å². The van der Waals surface area contributed by atoms with Gasteiger partial charge in [-0.15, -0.1) is 0 Å². The Morgan fingerprint density at radius 1 is 1.00 bits per heavy atom. The van der Waals surface area contributed by atoms with Crippen LogP contribution < -0.4 is 0 Å². The molecule has 0 aromatic heterocycles. The van der Waals surface area contributed by atoms with Crippen LogP contribution in [0.2, 0.25) is 0 Å². The fourth-order valence-electron chi connectivity index (χ4n) is 1.06. The Labute approximate surface area is 107 Å². The van der Waals surface area contributed by atoms with Gasteiger partial charge in [0.1, 0.15) is 0 Å². The van der Waals surface area contributed by atoms with Crippen LogP contribution in [0, 0.1) is 0 Å². The maximum absolute atomic E-state index is 12.2. The largest absolute Gasteiger partial charge is 0.394 e. The van der Waals surface area contributed by atoms with E-state index in [-0.39, 0.29) is 45.9 Å². The van der Waals surface area contributed by atoms with Gasteiger partial charge >= 0.3 is 7.60 Å². The lowest BCUT2D eigenvalue weighted by molar-refractivity contribution is -0.363. The molecular weight excluding hydrogens is 265 g/mol. The van der Waals surface area contributed by atoms with Gasteiger partial charge in [0.2, 0.25) is 0 Å². The average molecular weight is 287 g/mol. The zero-order valence-corrected chi connectivity index (χ0v) is 11.7. The highest BCUT2D eigenvalue weighted by atomic mass is 31.2. The monoisotopic (exact) mass is 287 g/mol. The highest BCUT2D eigenvalue weighted by Gasteiger charge is 2.28. The first kappa shape index (κ1) is 17.9. The number of aliphatic hydroxyl groups excluding tert-OH is 2. The third-order valence-electron chi connectivity index (χ3n) is 1.59. The topological polar surface area (TPSA) is 97.7 Å². The van der Waals surface area contributed by atoms with Crippen molar-refractivity contribution in [1.82, 2.24) is 5.23 Å².